The van der Waals surface area contributed by atoms with Crippen molar-refractivity contribution in [3.05, 3.63) is 16.1 Å². The van der Waals surface area contributed by atoms with Crippen molar-refractivity contribution in [2.75, 3.05) is 20.1 Å². The molecule has 1 unspecified atom stereocenters. The van der Waals surface area contributed by atoms with Gasteiger partial charge in [0.15, 0.2) is 0 Å². The van der Waals surface area contributed by atoms with Gasteiger partial charge in [-0.15, -0.1) is 11.3 Å². The number of aromatic nitrogens is 1. The van der Waals surface area contributed by atoms with Crippen molar-refractivity contribution >= 4 is 24.0 Å². The zero-order valence-electron chi connectivity index (χ0n) is 7.73. The summed E-state index contributed by atoms with van der Waals surface area (Å²) in [4.78, 5) is 6.93. The Labute approximate surface area is 88.4 Å². The lowest BCUT2D eigenvalue weighted by Crippen LogP contribution is -2.13. The van der Waals surface area contributed by atoms with E-state index < -0.39 is 0 Å². The highest BCUT2D eigenvalue weighted by atomic mass is 32.1. The average Bonchev–Trinajstić information content (AvgIpc) is 2.71. The van der Waals surface area contributed by atoms with Crippen molar-refractivity contribution in [1.82, 2.24) is 9.88 Å². The second-order valence-electron chi connectivity index (χ2n) is 3.58. The molecule has 0 N–H and O–H groups in total. The van der Waals surface area contributed by atoms with Crippen molar-refractivity contribution in [2.24, 2.45) is 0 Å². The van der Waals surface area contributed by atoms with E-state index in [1.165, 1.54) is 24.5 Å². The molecule has 4 heteroatoms. The molecule has 0 spiro atoms. The van der Waals surface area contributed by atoms with Crippen LogP contribution in [0.3, 0.4) is 0 Å². The molecule has 1 aromatic rings. The van der Waals surface area contributed by atoms with E-state index in [2.05, 4.69) is 34.9 Å². The molecule has 0 aliphatic carbocycles. The Morgan fingerprint density at radius 2 is 2.62 bits per heavy atom. The predicted molar refractivity (Wildman–Crippen MR) is 59.7 cm³/mol. The maximum atomic E-state index is 4.56. The molecule has 1 fully saturated rings. The molecule has 72 valence electrons. The van der Waals surface area contributed by atoms with Gasteiger partial charge in [-0.2, -0.15) is 12.6 Å². The minimum Gasteiger partial charge on any atom is -0.306 e. The van der Waals surface area contributed by atoms with Crippen molar-refractivity contribution in [1.29, 1.82) is 0 Å². The summed E-state index contributed by atoms with van der Waals surface area (Å²) < 4.78 is 0. The van der Waals surface area contributed by atoms with Crippen LogP contribution in [0.15, 0.2) is 5.38 Å². The number of hydrogen-bond donors (Lipinski definition) is 1. The molecular formula is C9H14N2S2. The Kier molecular flexibility index (Phi) is 2.91. The summed E-state index contributed by atoms with van der Waals surface area (Å²) in [5.74, 6) is 1.43. The first-order valence-electron chi connectivity index (χ1n) is 4.53. The highest BCUT2D eigenvalue weighted by Gasteiger charge is 2.23. The number of likely N-dealkylation sites (N-methyl/N-ethyl adjacent to an activating group) is 1. The van der Waals surface area contributed by atoms with Crippen LogP contribution in [0.1, 0.15) is 23.0 Å². The summed E-state index contributed by atoms with van der Waals surface area (Å²) in [5.41, 5.74) is 1.12. The van der Waals surface area contributed by atoms with Crippen LogP contribution in [0.4, 0.5) is 0 Å². The Morgan fingerprint density at radius 3 is 3.15 bits per heavy atom. The van der Waals surface area contributed by atoms with Gasteiger partial charge >= 0.3 is 0 Å². The third kappa shape index (κ3) is 2.06. The number of thiazole rings is 1. The first kappa shape index (κ1) is 9.49. The molecule has 2 rings (SSSR count). The minimum atomic E-state index is 0.670. The minimum absolute atomic E-state index is 0.670. The summed E-state index contributed by atoms with van der Waals surface area (Å²) in [7, 11) is 2.17. The summed E-state index contributed by atoms with van der Waals surface area (Å²) in [6.45, 7) is 2.37. The monoisotopic (exact) mass is 214 g/mol. The van der Waals surface area contributed by atoms with E-state index in [0.29, 0.717) is 5.92 Å². The van der Waals surface area contributed by atoms with Crippen molar-refractivity contribution in [3.63, 3.8) is 0 Å². The van der Waals surface area contributed by atoms with E-state index in [-0.39, 0.29) is 0 Å². The van der Waals surface area contributed by atoms with Crippen molar-refractivity contribution in [3.8, 4) is 0 Å². The number of hydrogen-bond acceptors (Lipinski definition) is 4. The molecule has 0 radical (unpaired) electrons. The van der Waals surface area contributed by atoms with Crippen molar-refractivity contribution < 1.29 is 0 Å². The maximum absolute atomic E-state index is 4.56. The molecule has 1 saturated heterocycles. The Bertz CT molecular complexity index is 285. The van der Waals surface area contributed by atoms with Gasteiger partial charge in [-0.1, -0.05) is 0 Å². The highest BCUT2D eigenvalue weighted by molar-refractivity contribution is 7.79. The molecule has 2 nitrogen and oxygen atoms in total. The molecule has 13 heavy (non-hydrogen) atoms. The van der Waals surface area contributed by atoms with E-state index in [0.717, 1.165) is 11.4 Å². The lowest BCUT2D eigenvalue weighted by molar-refractivity contribution is 0.411. The van der Waals surface area contributed by atoms with E-state index in [9.17, 15) is 0 Å². The van der Waals surface area contributed by atoms with Gasteiger partial charge in [-0.05, 0) is 20.0 Å². The fourth-order valence-electron chi connectivity index (χ4n) is 1.72. The lowest BCUT2D eigenvalue weighted by Gasteiger charge is -2.06. The Morgan fingerprint density at radius 1 is 1.77 bits per heavy atom. The zero-order chi connectivity index (χ0) is 9.26. The van der Waals surface area contributed by atoms with Gasteiger partial charge in [0, 0.05) is 23.6 Å². The summed E-state index contributed by atoms with van der Waals surface area (Å²) in [6, 6.07) is 0. The third-order valence-corrected chi connectivity index (χ3v) is 3.85. The molecule has 1 aromatic heterocycles. The van der Waals surface area contributed by atoms with Gasteiger partial charge in [-0.3, -0.25) is 0 Å². The second-order valence-corrected chi connectivity index (χ2v) is 4.79. The van der Waals surface area contributed by atoms with Crippen LogP contribution in [0, 0.1) is 0 Å². The van der Waals surface area contributed by atoms with Gasteiger partial charge < -0.3 is 4.90 Å². The van der Waals surface area contributed by atoms with E-state index in [1.54, 1.807) is 11.3 Å². The van der Waals surface area contributed by atoms with E-state index in [4.69, 9.17) is 0 Å². The molecule has 0 saturated carbocycles. The number of likely N-dealkylation sites (tertiary alicyclic amines) is 1. The van der Waals surface area contributed by atoms with Gasteiger partial charge in [-0.25, -0.2) is 4.98 Å². The SMILES string of the molecule is CN1CCC(c2nc(CS)cs2)C1. The van der Waals surface area contributed by atoms with Crippen LogP contribution >= 0.6 is 24.0 Å². The van der Waals surface area contributed by atoms with Crippen LogP contribution < -0.4 is 0 Å². The largest absolute Gasteiger partial charge is 0.306 e. The molecule has 0 amide bonds. The first-order valence-corrected chi connectivity index (χ1v) is 6.04. The second kappa shape index (κ2) is 3.98. The zero-order valence-corrected chi connectivity index (χ0v) is 9.44. The standard InChI is InChI=1S/C9H14N2S2/c1-11-3-2-7(4-11)9-10-8(5-12)6-13-9/h6-7,12H,2-5H2,1H3. The molecular weight excluding hydrogens is 200 g/mol. The van der Waals surface area contributed by atoms with E-state index in [1.807, 2.05) is 0 Å². The van der Waals surface area contributed by atoms with Gasteiger partial charge in [0.25, 0.3) is 0 Å². The Hall–Kier alpha value is -0.0600. The fourth-order valence-corrected chi connectivity index (χ4v) is 2.95. The molecule has 2 heterocycles. The highest BCUT2D eigenvalue weighted by Crippen LogP contribution is 2.28. The molecule has 1 atom stereocenters. The molecule has 0 aromatic carbocycles. The first-order chi connectivity index (χ1) is 6.29. The van der Waals surface area contributed by atoms with Gasteiger partial charge in [0.2, 0.25) is 0 Å². The van der Waals surface area contributed by atoms with Gasteiger partial charge in [0.05, 0.1) is 10.7 Å². The van der Waals surface area contributed by atoms with Crippen LogP contribution in [0.25, 0.3) is 0 Å². The summed E-state index contributed by atoms with van der Waals surface area (Å²) in [6.07, 6.45) is 1.26. The average molecular weight is 214 g/mol. The quantitative estimate of drug-likeness (QED) is 0.758. The topological polar surface area (TPSA) is 16.1 Å². The maximum Gasteiger partial charge on any atom is 0.0972 e. The molecule has 1 aliphatic rings. The number of nitrogens with zero attached hydrogens (tertiary/aromatic N) is 2. The van der Waals surface area contributed by atoms with Gasteiger partial charge in [0.1, 0.15) is 0 Å². The van der Waals surface area contributed by atoms with Crippen molar-refractivity contribution in [2.45, 2.75) is 18.1 Å². The smallest absolute Gasteiger partial charge is 0.0972 e. The summed E-state index contributed by atoms with van der Waals surface area (Å²) in [5, 5.41) is 3.43. The van der Waals surface area contributed by atoms with Crippen LogP contribution in [-0.2, 0) is 5.75 Å². The Balaban J connectivity index is 2.08. The lowest BCUT2D eigenvalue weighted by atomic mass is 10.1. The molecule has 0 bridgehead atoms. The normalized spacial score (nSPS) is 24.0. The summed E-state index contributed by atoms with van der Waals surface area (Å²) >= 11 is 6.00. The van der Waals surface area contributed by atoms with E-state index >= 15 is 0 Å². The number of thiol groups is 1. The molecule has 1 aliphatic heterocycles. The van der Waals surface area contributed by atoms with Crippen LogP contribution in [0.5, 0.6) is 0 Å². The van der Waals surface area contributed by atoms with Crippen LogP contribution in [0.2, 0.25) is 0 Å². The fraction of sp³-hybridized carbons (Fsp3) is 0.667. The third-order valence-electron chi connectivity index (χ3n) is 2.47. The predicted octanol–water partition coefficient (Wildman–Crippen LogP) is 1.99. The number of rotatable bonds is 2. The van der Waals surface area contributed by atoms with Crippen LogP contribution in [-0.4, -0.2) is 30.0 Å².